The molecule has 1 aliphatic carbocycles. The Balaban J connectivity index is 1.89. The Bertz CT molecular complexity index is 799. The van der Waals surface area contributed by atoms with Crippen molar-refractivity contribution in [3.63, 3.8) is 0 Å². The Morgan fingerprint density at radius 3 is 2.91 bits per heavy atom. The van der Waals surface area contributed by atoms with Crippen LogP contribution in [-0.2, 0) is 0 Å². The summed E-state index contributed by atoms with van der Waals surface area (Å²) >= 11 is 0. The molecular weight excluding hydrogens is 288 g/mol. The number of hydrogen-bond acceptors (Lipinski definition) is 3. The van der Waals surface area contributed by atoms with Crippen LogP contribution in [0.25, 0.3) is 0 Å². The van der Waals surface area contributed by atoms with Crippen LogP contribution in [0.5, 0.6) is 0 Å². The van der Waals surface area contributed by atoms with Gasteiger partial charge in [-0.05, 0) is 48.6 Å². The van der Waals surface area contributed by atoms with Gasteiger partial charge < -0.3 is 10.4 Å². The van der Waals surface area contributed by atoms with Crippen LogP contribution < -0.4 is 5.32 Å². The van der Waals surface area contributed by atoms with Crippen LogP contribution in [0.4, 0.5) is 5.69 Å². The van der Waals surface area contributed by atoms with Crippen molar-refractivity contribution in [1.29, 1.82) is 0 Å². The van der Waals surface area contributed by atoms with Gasteiger partial charge in [0.1, 0.15) is 0 Å². The Morgan fingerprint density at radius 1 is 1.30 bits per heavy atom. The predicted molar refractivity (Wildman–Crippen MR) is 88.7 cm³/mol. The van der Waals surface area contributed by atoms with Crippen molar-refractivity contribution in [3.8, 4) is 0 Å². The maximum atomic E-state index is 11.7. The monoisotopic (exact) mass is 306 g/mol. The van der Waals surface area contributed by atoms with E-state index >= 15 is 0 Å². The summed E-state index contributed by atoms with van der Waals surface area (Å²) in [6, 6.07) is 9.66. The molecule has 1 aromatic carbocycles. The number of carbonyl (C=O) groups is 1. The van der Waals surface area contributed by atoms with Gasteiger partial charge in [0.15, 0.2) is 0 Å². The normalized spacial score (nSPS) is 24.7. The summed E-state index contributed by atoms with van der Waals surface area (Å²) in [7, 11) is 0. The molecule has 2 N–H and O–H groups in total. The molecule has 2 aromatic rings. The van der Waals surface area contributed by atoms with Crippen LogP contribution >= 0.6 is 0 Å². The molecule has 1 aliphatic heterocycles. The van der Waals surface area contributed by atoms with Gasteiger partial charge in [-0.15, -0.1) is 0 Å². The smallest absolute Gasteiger partial charge is 0.336 e. The molecule has 0 fully saturated rings. The molecule has 0 bridgehead atoms. The SMILES string of the molecule is Cc1ccc(C(=O)O)c2c1N[C@H](c1ccccn1)[C@@H]1CC=C[C@H]21. The third kappa shape index (κ3) is 2.13. The molecule has 0 spiro atoms. The van der Waals surface area contributed by atoms with Gasteiger partial charge in [0.2, 0.25) is 0 Å². The zero-order valence-corrected chi connectivity index (χ0v) is 12.9. The first-order chi connectivity index (χ1) is 11.2. The molecule has 116 valence electrons. The molecule has 0 saturated carbocycles. The lowest BCUT2D eigenvalue weighted by Gasteiger charge is -2.38. The molecule has 4 rings (SSSR count). The second kappa shape index (κ2) is 5.23. The van der Waals surface area contributed by atoms with Gasteiger partial charge in [-0.25, -0.2) is 4.79 Å². The van der Waals surface area contributed by atoms with E-state index in [0.29, 0.717) is 11.5 Å². The van der Waals surface area contributed by atoms with Crippen LogP contribution in [0.3, 0.4) is 0 Å². The molecule has 0 saturated heterocycles. The fourth-order valence-electron chi connectivity index (χ4n) is 3.89. The first-order valence-electron chi connectivity index (χ1n) is 7.87. The highest BCUT2D eigenvalue weighted by Gasteiger charge is 2.40. The molecule has 23 heavy (non-hydrogen) atoms. The molecule has 3 atom stereocenters. The Hall–Kier alpha value is -2.62. The van der Waals surface area contributed by atoms with Crippen molar-refractivity contribution in [2.24, 2.45) is 5.92 Å². The number of aromatic carboxylic acids is 1. The third-order valence-corrected chi connectivity index (χ3v) is 4.96. The number of benzene rings is 1. The van der Waals surface area contributed by atoms with Gasteiger partial charge in [-0.2, -0.15) is 0 Å². The van der Waals surface area contributed by atoms with Gasteiger partial charge >= 0.3 is 5.97 Å². The average molecular weight is 306 g/mol. The minimum Gasteiger partial charge on any atom is -0.478 e. The first-order valence-corrected chi connectivity index (χ1v) is 7.87. The number of fused-ring (bicyclic) bond motifs is 3. The molecule has 1 aromatic heterocycles. The number of pyridine rings is 1. The van der Waals surface area contributed by atoms with E-state index in [1.807, 2.05) is 37.4 Å². The molecule has 4 heteroatoms. The second-order valence-electron chi connectivity index (χ2n) is 6.25. The van der Waals surface area contributed by atoms with E-state index in [4.69, 9.17) is 0 Å². The third-order valence-electron chi connectivity index (χ3n) is 4.96. The van der Waals surface area contributed by atoms with Crippen molar-refractivity contribution in [1.82, 2.24) is 4.98 Å². The average Bonchev–Trinajstić information content (AvgIpc) is 3.05. The number of anilines is 1. The summed E-state index contributed by atoms with van der Waals surface area (Å²) in [6.45, 7) is 2.02. The predicted octanol–water partition coefficient (Wildman–Crippen LogP) is 3.91. The topological polar surface area (TPSA) is 62.2 Å². The van der Waals surface area contributed by atoms with E-state index in [0.717, 1.165) is 28.9 Å². The molecule has 2 aliphatic rings. The fraction of sp³-hybridized carbons (Fsp3) is 0.263. The van der Waals surface area contributed by atoms with E-state index in [1.165, 1.54) is 0 Å². The van der Waals surface area contributed by atoms with Crippen LogP contribution in [-0.4, -0.2) is 16.1 Å². The van der Waals surface area contributed by atoms with Crippen molar-refractivity contribution in [2.75, 3.05) is 5.32 Å². The van der Waals surface area contributed by atoms with Crippen molar-refractivity contribution in [2.45, 2.75) is 25.3 Å². The number of carboxylic acid groups (broad SMARTS) is 1. The Morgan fingerprint density at radius 2 is 2.17 bits per heavy atom. The summed E-state index contributed by atoms with van der Waals surface area (Å²) in [6.07, 6.45) is 7.07. The molecule has 4 nitrogen and oxygen atoms in total. The summed E-state index contributed by atoms with van der Waals surface area (Å²) in [5.74, 6) is -0.431. The number of aryl methyl sites for hydroxylation is 1. The van der Waals surface area contributed by atoms with Crippen LogP contribution in [0.15, 0.2) is 48.7 Å². The summed E-state index contributed by atoms with van der Waals surface area (Å²) < 4.78 is 0. The number of allylic oxidation sites excluding steroid dienone is 2. The van der Waals surface area contributed by atoms with E-state index in [1.54, 1.807) is 6.07 Å². The standard InChI is InChI=1S/C19H18N2O2/c1-11-8-9-14(19(22)23)16-12-5-4-6-13(12)18(21-17(11)16)15-7-2-3-10-20-15/h2-5,7-10,12-13,18,21H,6H2,1H3,(H,22,23)/t12-,13+,18-/m0/s1. The van der Waals surface area contributed by atoms with Crippen molar-refractivity contribution in [3.05, 3.63) is 71.1 Å². The van der Waals surface area contributed by atoms with Crippen LogP contribution in [0, 0.1) is 12.8 Å². The molecule has 0 radical (unpaired) electrons. The second-order valence-corrected chi connectivity index (χ2v) is 6.25. The van der Waals surface area contributed by atoms with Crippen LogP contribution in [0.1, 0.15) is 45.6 Å². The first kappa shape index (κ1) is 14.0. The Kier molecular flexibility index (Phi) is 3.18. The molecule has 0 amide bonds. The van der Waals surface area contributed by atoms with Crippen molar-refractivity contribution < 1.29 is 9.90 Å². The number of hydrogen-bond donors (Lipinski definition) is 2. The maximum Gasteiger partial charge on any atom is 0.336 e. The van der Waals surface area contributed by atoms with Gasteiger partial charge in [-0.1, -0.05) is 24.3 Å². The zero-order valence-electron chi connectivity index (χ0n) is 12.9. The minimum atomic E-state index is -0.863. The van der Waals surface area contributed by atoms with Gasteiger partial charge in [0.05, 0.1) is 17.3 Å². The Labute approximate surface area is 134 Å². The largest absolute Gasteiger partial charge is 0.478 e. The quantitative estimate of drug-likeness (QED) is 0.826. The lowest BCUT2D eigenvalue weighted by atomic mass is 9.75. The van der Waals surface area contributed by atoms with Gasteiger partial charge in [0, 0.05) is 17.8 Å². The number of nitrogens with zero attached hydrogens (tertiary/aromatic N) is 1. The number of aromatic nitrogens is 1. The zero-order chi connectivity index (χ0) is 16.0. The molecule has 2 heterocycles. The summed E-state index contributed by atoms with van der Waals surface area (Å²) in [5, 5.41) is 13.2. The fourth-order valence-corrected chi connectivity index (χ4v) is 3.89. The highest BCUT2D eigenvalue weighted by atomic mass is 16.4. The summed E-state index contributed by atoms with van der Waals surface area (Å²) in [4.78, 5) is 16.2. The van der Waals surface area contributed by atoms with Crippen LogP contribution in [0.2, 0.25) is 0 Å². The maximum absolute atomic E-state index is 11.7. The van der Waals surface area contributed by atoms with E-state index in [2.05, 4.69) is 22.5 Å². The lowest BCUT2D eigenvalue weighted by Crippen LogP contribution is -2.31. The van der Waals surface area contributed by atoms with E-state index < -0.39 is 5.97 Å². The van der Waals surface area contributed by atoms with Gasteiger partial charge in [-0.3, -0.25) is 4.98 Å². The van der Waals surface area contributed by atoms with E-state index in [-0.39, 0.29) is 12.0 Å². The van der Waals surface area contributed by atoms with E-state index in [9.17, 15) is 9.90 Å². The highest BCUT2D eigenvalue weighted by Crippen LogP contribution is 2.51. The highest BCUT2D eigenvalue weighted by molar-refractivity contribution is 5.93. The molecule has 0 unspecified atom stereocenters. The lowest BCUT2D eigenvalue weighted by molar-refractivity contribution is 0.0695. The summed E-state index contributed by atoms with van der Waals surface area (Å²) in [5.41, 5.74) is 4.36. The van der Waals surface area contributed by atoms with Crippen molar-refractivity contribution >= 4 is 11.7 Å². The van der Waals surface area contributed by atoms with Gasteiger partial charge in [0.25, 0.3) is 0 Å². The minimum absolute atomic E-state index is 0.103. The number of rotatable bonds is 2. The number of carboxylic acids is 1. The molecular formula is C19H18N2O2. The number of nitrogens with one attached hydrogen (secondary N) is 1.